The van der Waals surface area contributed by atoms with E-state index in [2.05, 4.69) is 5.32 Å². The Balaban J connectivity index is 1.85. The molecule has 1 amide bonds. The van der Waals surface area contributed by atoms with Crippen molar-refractivity contribution in [2.45, 2.75) is 33.6 Å². The van der Waals surface area contributed by atoms with Crippen LogP contribution in [0.25, 0.3) is 11.1 Å². The number of nitro benzene ring substituents is 1. The van der Waals surface area contributed by atoms with Crippen LogP contribution in [0.15, 0.2) is 47.8 Å². The number of anilines is 1. The summed E-state index contributed by atoms with van der Waals surface area (Å²) in [7, 11) is 0. The van der Waals surface area contributed by atoms with Crippen molar-refractivity contribution in [3.8, 4) is 16.9 Å². The number of nitrogens with one attached hydrogen (secondary N) is 1. The molecule has 1 N–H and O–H groups in total. The molecule has 2 aromatic carbocycles. The molecular formula is C25H26N2O6S. The number of esters is 1. The van der Waals surface area contributed by atoms with Crippen LogP contribution >= 0.6 is 11.3 Å². The lowest BCUT2D eigenvalue weighted by Crippen LogP contribution is -2.21. The Hall–Kier alpha value is -3.72. The maximum absolute atomic E-state index is 12.7. The summed E-state index contributed by atoms with van der Waals surface area (Å²) in [6.45, 7) is 7.62. The molecule has 9 heteroatoms. The summed E-state index contributed by atoms with van der Waals surface area (Å²) in [6, 6.07) is 11.8. The Morgan fingerprint density at radius 2 is 1.94 bits per heavy atom. The van der Waals surface area contributed by atoms with E-state index in [9.17, 15) is 19.7 Å². The van der Waals surface area contributed by atoms with Gasteiger partial charge in [0.15, 0.2) is 6.61 Å². The predicted molar refractivity (Wildman–Crippen MR) is 132 cm³/mol. The highest BCUT2D eigenvalue weighted by Crippen LogP contribution is 2.37. The van der Waals surface area contributed by atoms with Gasteiger partial charge in [-0.15, -0.1) is 11.3 Å². The van der Waals surface area contributed by atoms with E-state index >= 15 is 0 Å². The van der Waals surface area contributed by atoms with Gasteiger partial charge < -0.3 is 14.8 Å². The SMILES string of the molecule is CCOC(=O)c1c(-c2cccc([N+](=O)[O-])c2)csc1NC(=O)COc1cc(C)ccc1C(C)C. The van der Waals surface area contributed by atoms with Crippen LogP contribution < -0.4 is 10.1 Å². The molecule has 178 valence electrons. The number of carbonyl (C=O) groups excluding carboxylic acids is 2. The molecule has 0 unspecified atom stereocenters. The fourth-order valence-electron chi connectivity index (χ4n) is 3.40. The molecule has 0 saturated carbocycles. The van der Waals surface area contributed by atoms with Crippen LogP contribution in [0, 0.1) is 17.0 Å². The lowest BCUT2D eigenvalue weighted by atomic mass is 10.0. The van der Waals surface area contributed by atoms with E-state index in [-0.39, 0.29) is 30.4 Å². The Morgan fingerprint density at radius 3 is 2.62 bits per heavy atom. The largest absolute Gasteiger partial charge is 0.483 e. The van der Waals surface area contributed by atoms with E-state index in [0.717, 1.165) is 22.5 Å². The number of thiophene rings is 1. The molecule has 0 spiro atoms. The van der Waals surface area contributed by atoms with Gasteiger partial charge in [-0.1, -0.05) is 38.1 Å². The number of ether oxygens (including phenoxy) is 2. The van der Waals surface area contributed by atoms with Crippen LogP contribution in [-0.4, -0.2) is 30.0 Å². The van der Waals surface area contributed by atoms with Crippen LogP contribution in [-0.2, 0) is 9.53 Å². The van der Waals surface area contributed by atoms with E-state index < -0.39 is 16.8 Å². The lowest BCUT2D eigenvalue weighted by molar-refractivity contribution is -0.384. The highest BCUT2D eigenvalue weighted by molar-refractivity contribution is 7.15. The van der Waals surface area contributed by atoms with Gasteiger partial charge in [0.25, 0.3) is 11.6 Å². The zero-order valence-electron chi connectivity index (χ0n) is 19.4. The van der Waals surface area contributed by atoms with Crippen molar-refractivity contribution in [2.24, 2.45) is 0 Å². The van der Waals surface area contributed by atoms with E-state index in [0.29, 0.717) is 21.9 Å². The number of rotatable bonds is 9. The smallest absolute Gasteiger partial charge is 0.341 e. The number of non-ortho nitro benzene ring substituents is 1. The molecule has 3 aromatic rings. The van der Waals surface area contributed by atoms with Gasteiger partial charge in [-0.2, -0.15) is 0 Å². The first kappa shape index (κ1) is 24.9. The van der Waals surface area contributed by atoms with E-state index in [1.165, 1.54) is 12.1 Å². The molecule has 3 rings (SSSR count). The first-order valence-electron chi connectivity index (χ1n) is 10.8. The number of nitrogens with zero attached hydrogens (tertiary/aromatic N) is 1. The van der Waals surface area contributed by atoms with Gasteiger partial charge in [-0.05, 0) is 42.5 Å². The Labute approximate surface area is 201 Å². The number of hydrogen-bond acceptors (Lipinski definition) is 7. The molecule has 0 atom stereocenters. The molecular weight excluding hydrogens is 456 g/mol. The standard InChI is InChI=1S/C25H26N2O6S/c1-5-32-25(29)23-20(17-7-6-8-18(12-17)27(30)31)14-34-24(23)26-22(28)13-33-21-11-16(4)9-10-19(21)15(2)3/h6-12,14-15H,5,13H2,1-4H3,(H,26,28). The van der Waals surface area contributed by atoms with Crippen molar-refractivity contribution in [1.82, 2.24) is 0 Å². The Morgan fingerprint density at radius 1 is 1.18 bits per heavy atom. The lowest BCUT2D eigenvalue weighted by Gasteiger charge is -2.15. The molecule has 34 heavy (non-hydrogen) atoms. The number of hydrogen-bond donors (Lipinski definition) is 1. The average Bonchev–Trinajstić information content (AvgIpc) is 3.21. The second kappa shape index (κ2) is 10.9. The van der Waals surface area contributed by atoms with Crippen LogP contribution in [0.5, 0.6) is 5.75 Å². The number of amides is 1. The minimum Gasteiger partial charge on any atom is -0.483 e. The molecule has 1 heterocycles. The van der Waals surface area contributed by atoms with Gasteiger partial charge in [-0.3, -0.25) is 14.9 Å². The summed E-state index contributed by atoms with van der Waals surface area (Å²) in [6.07, 6.45) is 0. The third kappa shape index (κ3) is 5.79. The van der Waals surface area contributed by atoms with E-state index in [1.807, 2.05) is 39.0 Å². The molecule has 0 fully saturated rings. The third-order valence-electron chi connectivity index (χ3n) is 5.04. The van der Waals surface area contributed by atoms with E-state index in [1.54, 1.807) is 24.4 Å². The summed E-state index contributed by atoms with van der Waals surface area (Å²) in [5, 5.41) is 15.9. The zero-order chi connectivity index (χ0) is 24.8. The number of benzene rings is 2. The predicted octanol–water partition coefficient (Wildman–Crippen LogP) is 5.95. The Bertz CT molecular complexity index is 1220. The van der Waals surface area contributed by atoms with Crippen LogP contribution in [0.2, 0.25) is 0 Å². The molecule has 0 aliphatic heterocycles. The van der Waals surface area contributed by atoms with Crippen molar-refractivity contribution in [2.75, 3.05) is 18.5 Å². The molecule has 0 saturated heterocycles. The summed E-state index contributed by atoms with van der Waals surface area (Å²) in [4.78, 5) is 36.1. The highest BCUT2D eigenvalue weighted by Gasteiger charge is 2.24. The number of nitro groups is 1. The molecule has 0 radical (unpaired) electrons. The molecule has 0 bridgehead atoms. The van der Waals surface area contributed by atoms with Crippen LogP contribution in [0.3, 0.4) is 0 Å². The normalized spacial score (nSPS) is 10.7. The molecule has 0 aliphatic rings. The molecule has 8 nitrogen and oxygen atoms in total. The van der Waals surface area contributed by atoms with E-state index in [4.69, 9.17) is 9.47 Å². The van der Waals surface area contributed by atoms with Crippen molar-refractivity contribution < 1.29 is 24.0 Å². The third-order valence-corrected chi connectivity index (χ3v) is 5.94. The van der Waals surface area contributed by atoms with Gasteiger partial charge in [-0.25, -0.2) is 4.79 Å². The summed E-state index contributed by atoms with van der Waals surface area (Å²) < 4.78 is 11.0. The van der Waals surface area contributed by atoms with Crippen molar-refractivity contribution in [1.29, 1.82) is 0 Å². The van der Waals surface area contributed by atoms with Crippen molar-refractivity contribution in [3.05, 3.63) is 74.6 Å². The quantitative estimate of drug-likeness (QED) is 0.229. The van der Waals surface area contributed by atoms with Gasteiger partial charge in [0.2, 0.25) is 0 Å². The van der Waals surface area contributed by atoms with Gasteiger partial charge in [0.1, 0.15) is 16.3 Å². The first-order chi connectivity index (χ1) is 16.2. The number of aryl methyl sites for hydroxylation is 1. The van der Waals surface area contributed by atoms with Crippen molar-refractivity contribution >= 4 is 33.9 Å². The second-order valence-electron chi connectivity index (χ2n) is 7.91. The van der Waals surface area contributed by atoms with Crippen molar-refractivity contribution in [3.63, 3.8) is 0 Å². The summed E-state index contributed by atoms with van der Waals surface area (Å²) in [5.41, 5.74) is 2.99. The number of carbonyl (C=O) groups is 2. The first-order valence-corrected chi connectivity index (χ1v) is 11.7. The second-order valence-corrected chi connectivity index (χ2v) is 8.79. The fourth-order valence-corrected chi connectivity index (χ4v) is 4.38. The van der Waals surface area contributed by atoms with Crippen LogP contribution in [0.1, 0.15) is 48.2 Å². The summed E-state index contributed by atoms with van der Waals surface area (Å²) in [5.74, 6) is -0.195. The minimum absolute atomic E-state index is 0.100. The fraction of sp³-hybridized carbons (Fsp3) is 0.280. The minimum atomic E-state index is -0.623. The van der Waals surface area contributed by atoms with Gasteiger partial charge in [0.05, 0.1) is 11.5 Å². The van der Waals surface area contributed by atoms with Gasteiger partial charge >= 0.3 is 5.97 Å². The monoisotopic (exact) mass is 482 g/mol. The molecule has 1 aromatic heterocycles. The Kier molecular flexibility index (Phi) is 8.01. The average molecular weight is 483 g/mol. The maximum Gasteiger partial charge on any atom is 0.341 e. The maximum atomic E-state index is 12.7. The van der Waals surface area contributed by atoms with Gasteiger partial charge in [0, 0.05) is 23.1 Å². The summed E-state index contributed by atoms with van der Waals surface area (Å²) >= 11 is 1.14. The van der Waals surface area contributed by atoms with Crippen LogP contribution in [0.4, 0.5) is 10.7 Å². The molecule has 0 aliphatic carbocycles. The topological polar surface area (TPSA) is 108 Å². The highest BCUT2D eigenvalue weighted by atomic mass is 32.1. The zero-order valence-corrected chi connectivity index (χ0v) is 20.2.